The van der Waals surface area contributed by atoms with Gasteiger partial charge in [-0.2, -0.15) is 0 Å². The first-order valence-corrected chi connectivity index (χ1v) is 6.42. The quantitative estimate of drug-likeness (QED) is 0.558. The van der Waals surface area contributed by atoms with Crippen molar-refractivity contribution in [2.75, 3.05) is 26.0 Å². The van der Waals surface area contributed by atoms with Crippen LogP contribution in [0.1, 0.15) is 25.6 Å². The largest absolute Gasteiger partial charge is 0.383 e. The van der Waals surface area contributed by atoms with Crippen molar-refractivity contribution in [3.63, 3.8) is 0 Å². The third kappa shape index (κ3) is 5.18. The van der Waals surface area contributed by atoms with Crippen LogP contribution in [0, 0.1) is 0 Å². The molecule has 0 aliphatic carbocycles. The molecule has 0 saturated carbocycles. The zero-order chi connectivity index (χ0) is 12.7. The molecule has 0 saturated heterocycles. The third-order valence-electron chi connectivity index (χ3n) is 1.99. The fourth-order valence-electron chi connectivity index (χ4n) is 1.05. The van der Waals surface area contributed by atoms with Crippen molar-refractivity contribution in [3.8, 4) is 0 Å². The summed E-state index contributed by atoms with van der Waals surface area (Å²) in [5, 5.41) is 10.2. The smallest absolute Gasteiger partial charge is 0.230 e. The topological polar surface area (TPSA) is 79.9 Å². The summed E-state index contributed by atoms with van der Waals surface area (Å²) in [5.41, 5.74) is 0. The summed E-state index contributed by atoms with van der Waals surface area (Å²) in [7, 11) is 1.60. The Morgan fingerprint density at radius 2 is 2.35 bits per heavy atom. The number of amides is 1. The molecule has 0 atom stereocenters. The van der Waals surface area contributed by atoms with Gasteiger partial charge in [-0.05, 0) is 0 Å². The Balaban J connectivity index is 2.27. The van der Waals surface area contributed by atoms with Crippen LogP contribution in [0.2, 0.25) is 0 Å². The Bertz CT molecular complexity index is 354. The maximum Gasteiger partial charge on any atom is 0.230 e. The summed E-state index contributed by atoms with van der Waals surface area (Å²) < 4.78 is 4.83. The van der Waals surface area contributed by atoms with Crippen LogP contribution in [0.15, 0.2) is 5.16 Å². The molecule has 1 heterocycles. The molecular weight excluding hydrogens is 240 g/mol. The van der Waals surface area contributed by atoms with Gasteiger partial charge in [-0.25, -0.2) is 4.98 Å². The Kier molecular flexibility index (Phi) is 5.99. The van der Waals surface area contributed by atoms with Gasteiger partial charge < -0.3 is 10.1 Å². The molecule has 7 heteroatoms. The van der Waals surface area contributed by atoms with E-state index in [0.29, 0.717) is 30.0 Å². The van der Waals surface area contributed by atoms with Crippen LogP contribution < -0.4 is 5.32 Å². The van der Waals surface area contributed by atoms with Crippen molar-refractivity contribution in [3.05, 3.63) is 5.82 Å². The van der Waals surface area contributed by atoms with Crippen LogP contribution in [-0.4, -0.2) is 47.1 Å². The van der Waals surface area contributed by atoms with Gasteiger partial charge in [0, 0.05) is 19.6 Å². The van der Waals surface area contributed by atoms with Gasteiger partial charge in [-0.1, -0.05) is 25.6 Å². The SMILES string of the molecule is COCCNC(=O)CSc1n[nH]c(C(C)C)n1. The number of nitrogens with one attached hydrogen (secondary N) is 2. The minimum atomic E-state index is -0.0389. The highest BCUT2D eigenvalue weighted by Crippen LogP contribution is 2.15. The van der Waals surface area contributed by atoms with Crippen LogP contribution in [0.5, 0.6) is 0 Å². The number of methoxy groups -OCH3 is 1. The fraction of sp³-hybridized carbons (Fsp3) is 0.700. The first kappa shape index (κ1) is 14.0. The lowest BCUT2D eigenvalue weighted by Gasteiger charge is -2.02. The Hall–Kier alpha value is -1.08. The van der Waals surface area contributed by atoms with Gasteiger partial charge >= 0.3 is 0 Å². The van der Waals surface area contributed by atoms with Gasteiger partial charge in [0.2, 0.25) is 11.1 Å². The molecule has 0 aromatic carbocycles. The van der Waals surface area contributed by atoms with Gasteiger partial charge in [-0.15, -0.1) is 5.10 Å². The number of hydrogen-bond acceptors (Lipinski definition) is 5. The maximum atomic E-state index is 11.4. The lowest BCUT2D eigenvalue weighted by Crippen LogP contribution is -2.28. The van der Waals surface area contributed by atoms with E-state index in [-0.39, 0.29) is 5.91 Å². The van der Waals surface area contributed by atoms with Gasteiger partial charge in [-0.3, -0.25) is 9.89 Å². The van der Waals surface area contributed by atoms with Crippen molar-refractivity contribution in [1.82, 2.24) is 20.5 Å². The number of hydrogen-bond donors (Lipinski definition) is 2. The molecule has 0 bridgehead atoms. The number of aromatic amines is 1. The minimum Gasteiger partial charge on any atom is -0.383 e. The summed E-state index contributed by atoms with van der Waals surface area (Å²) in [4.78, 5) is 15.6. The molecule has 1 rings (SSSR count). The lowest BCUT2D eigenvalue weighted by molar-refractivity contribution is -0.118. The van der Waals surface area contributed by atoms with E-state index in [1.807, 2.05) is 13.8 Å². The average Bonchev–Trinajstić information content (AvgIpc) is 2.75. The molecule has 0 unspecified atom stereocenters. The molecule has 96 valence electrons. The van der Waals surface area contributed by atoms with E-state index in [1.54, 1.807) is 7.11 Å². The van der Waals surface area contributed by atoms with Gasteiger partial charge in [0.05, 0.1) is 12.4 Å². The number of rotatable bonds is 7. The van der Waals surface area contributed by atoms with Crippen LogP contribution in [0.4, 0.5) is 0 Å². The third-order valence-corrected chi connectivity index (χ3v) is 2.84. The molecule has 0 aliphatic rings. The van der Waals surface area contributed by atoms with E-state index in [1.165, 1.54) is 11.8 Å². The molecule has 1 aromatic heterocycles. The Morgan fingerprint density at radius 1 is 1.59 bits per heavy atom. The highest BCUT2D eigenvalue weighted by molar-refractivity contribution is 7.99. The highest BCUT2D eigenvalue weighted by Gasteiger charge is 2.09. The monoisotopic (exact) mass is 258 g/mol. The molecule has 6 nitrogen and oxygen atoms in total. The minimum absolute atomic E-state index is 0.0389. The van der Waals surface area contributed by atoms with E-state index < -0.39 is 0 Å². The normalized spacial score (nSPS) is 10.8. The number of carbonyl (C=O) groups is 1. The van der Waals surface area contributed by atoms with Crippen LogP contribution >= 0.6 is 11.8 Å². The molecule has 2 N–H and O–H groups in total. The molecule has 0 radical (unpaired) electrons. The predicted molar refractivity (Wildman–Crippen MR) is 66.1 cm³/mol. The van der Waals surface area contributed by atoms with E-state index in [0.717, 1.165) is 5.82 Å². The summed E-state index contributed by atoms with van der Waals surface area (Å²) >= 11 is 1.32. The van der Waals surface area contributed by atoms with E-state index in [2.05, 4.69) is 20.5 Å². The molecule has 1 amide bonds. The Morgan fingerprint density at radius 3 is 2.94 bits per heavy atom. The zero-order valence-corrected chi connectivity index (χ0v) is 11.1. The first-order chi connectivity index (χ1) is 8.13. The van der Waals surface area contributed by atoms with E-state index in [9.17, 15) is 4.79 Å². The second-order valence-corrected chi connectivity index (χ2v) is 4.73. The standard InChI is InChI=1S/C10H18N4O2S/c1-7(2)9-12-10(14-13-9)17-6-8(15)11-4-5-16-3/h7H,4-6H2,1-3H3,(H,11,15)(H,12,13,14). The van der Waals surface area contributed by atoms with Gasteiger partial charge in [0.15, 0.2) is 0 Å². The number of nitrogens with zero attached hydrogens (tertiary/aromatic N) is 2. The average molecular weight is 258 g/mol. The van der Waals surface area contributed by atoms with E-state index in [4.69, 9.17) is 4.74 Å². The zero-order valence-electron chi connectivity index (χ0n) is 10.3. The van der Waals surface area contributed by atoms with Crippen LogP contribution in [0.25, 0.3) is 0 Å². The highest BCUT2D eigenvalue weighted by atomic mass is 32.2. The fourth-order valence-corrected chi connectivity index (χ4v) is 1.69. The number of H-pyrrole nitrogens is 1. The second kappa shape index (κ2) is 7.29. The molecule has 17 heavy (non-hydrogen) atoms. The van der Waals surface area contributed by atoms with Crippen molar-refractivity contribution < 1.29 is 9.53 Å². The number of thioether (sulfide) groups is 1. The number of ether oxygens (including phenoxy) is 1. The molecule has 0 fully saturated rings. The van der Waals surface area contributed by atoms with Gasteiger partial charge in [0.25, 0.3) is 0 Å². The number of carbonyl (C=O) groups excluding carboxylic acids is 1. The van der Waals surface area contributed by atoms with Crippen molar-refractivity contribution in [2.45, 2.75) is 24.9 Å². The first-order valence-electron chi connectivity index (χ1n) is 5.44. The molecule has 1 aromatic rings. The summed E-state index contributed by atoms with van der Waals surface area (Å²) in [6.45, 7) is 5.12. The predicted octanol–water partition coefficient (Wildman–Crippen LogP) is 0.783. The Labute approximate surface area is 105 Å². The summed E-state index contributed by atoms with van der Waals surface area (Å²) in [5.74, 6) is 1.43. The molecule has 0 aliphatic heterocycles. The van der Waals surface area contributed by atoms with Crippen molar-refractivity contribution in [2.24, 2.45) is 0 Å². The second-order valence-electron chi connectivity index (χ2n) is 3.79. The maximum absolute atomic E-state index is 11.4. The molecular formula is C10H18N4O2S. The van der Waals surface area contributed by atoms with E-state index >= 15 is 0 Å². The van der Waals surface area contributed by atoms with Crippen molar-refractivity contribution >= 4 is 17.7 Å². The lowest BCUT2D eigenvalue weighted by atomic mass is 10.2. The van der Waals surface area contributed by atoms with Gasteiger partial charge in [0.1, 0.15) is 5.82 Å². The summed E-state index contributed by atoms with van der Waals surface area (Å²) in [6, 6.07) is 0. The number of aromatic nitrogens is 3. The van der Waals surface area contributed by atoms with Crippen molar-refractivity contribution in [1.29, 1.82) is 0 Å². The van der Waals surface area contributed by atoms with Crippen LogP contribution in [-0.2, 0) is 9.53 Å². The van der Waals surface area contributed by atoms with Crippen LogP contribution in [0.3, 0.4) is 0 Å². The summed E-state index contributed by atoms with van der Waals surface area (Å²) in [6.07, 6.45) is 0. The molecule has 0 spiro atoms.